The van der Waals surface area contributed by atoms with Gasteiger partial charge in [0, 0.05) is 6.21 Å². The summed E-state index contributed by atoms with van der Waals surface area (Å²) in [7, 11) is 0. The summed E-state index contributed by atoms with van der Waals surface area (Å²) in [6.07, 6.45) is 7.47. The lowest BCUT2D eigenvalue weighted by atomic mass is 10.5. The third kappa shape index (κ3) is 1.65. The van der Waals surface area contributed by atoms with Crippen molar-refractivity contribution in [3.63, 3.8) is 0 Å². The van der Waals surface area contributed by atoms with Crippen LogP contribution in [-0.4, -0.2) is 6.21 Å². The predicted octanol–water partition coefficient (Wildman–Crippen LogP) is 1.41. The van der Waals surface area contributed by atoms with Gasteiger partial charge in [0.05, 0.1) is 3.70 Å². The Morgan fingerprint density at radius 2 is 2.38 bits per heavy atom. The fourth-order valence-electron chi connectivity index (χ4n) is 0.369. The molecule has 0 fully saturated rings. The van der Waals surface area contributed by atoms with Gasteiger partial charge in [0.1, 0.15) is 0 Å². The molecule has 1 N–H and O–H groups in total. The van der Waals surface area contributed by atoms with Gasteiger partial charge in [-0.15, -0.1) is 0 Å². The highest BCUT2D eigenvalue weighted by Crippen LogP contribution is 2.01. The molecule has 0 saturated heterocycles. The van der Waals surface area contributed by atoms with Gasteiger partial charge in [-0.2, -0.15) is 5.10 Å². The number of hydrogen-bond donors (Lipinski definition) is 1. The SMILES string of the molecule is IC1=CC=CC=NN1. The second-order valence-corrected chi connectivity index (χ2v) is 2.45. The van der Waals surface area contributed by atoms with Crippen molar-refractivity contribution in [2.45, 2.75) is 0 Å². The van der Waals surface area contributed by atoms with E-state index < -0.39 is 0 Å². The lowest BCUT2D eigenvalue weighted by Crippen LogP contribution is -1.95. The minimum absolute atomic E-state index is 1.03. The minimum atomic E-state index is 1.03. The first-order chi connectivity index (χ1) is 3.89. The van der Waals surface area contributed by atoms with Crippen LogP contribution < -0.4 is 5.43 Å². The third-order valence-corrected chi connectivity index (χ3v) is 1.29. The number of nitrogens with zero attached hydrogens (tertiary/aromatic N) is 1. The van der Waals surface area contributed by atoms with Gasteiger partial charge in [0.25, 0.3) is 0 Å². The number of allylic oxidation sites excluding steroid dienone is 3. The molecule has 1 aliphatic rings. The van der Waals surface area contributed by atoms with Crippen molar-refractivity contribution in [3.05, 3.63) is 21.9 Å². The number of nitrogens with one attached hydrogen (secondary N) is 1. The van der Waals surface area contributed by atoms with Crippen molar-refractivity contribution in [2.24, 2.45) is 5.10 Å². The lowest BCUT2D eigenvalue weighted by molar-refractivity contribution is 0.972. The van der Waals surface area contributed by atoms with E-state index >= 15 is 0 Å². The molecule has 0 aromatic carbocycles. The summed E-state index contributed by atoms with van der Waals surface area (Å²) in [5.41, 5.74) is 2.80. The van der Waals surface area contributed by atoms with Crippen LogP contribution in [0.2, 0.25) is 0 Å². The molecule has 0 spiro atoms. The zero-order chi connectivity index (χ0) is 5.82. The molecule has 0 aliphatic carbocycles. The van der Waals surface area contributed by atoms with Crippen LogP contribution in [-0.2, 0) is 0 Å². The number of rotatable bonds is 0. The maximum atomic E-state index is 3.81. The molecule has 0 atom stereocenters. The zero-order valence-electron chi connectivity index (χ0n) is 4.13. The molecule has 3 heteroatoms. The predicted molar refractivity (Wildman–Crippen MR) is 42.9 cm³/mol. The van der Waals surface area contributed by atoms with Crippen LogP contribution in [0.4, 0.5) is 0 Å². The Bertz CT molecular complexity index is 158. The fourth-order valence-corrected chi connectivity index (χ4v) is 0.716. The molecule has 42 valence electrons. The Hall–Kier alpha value is -0.320. The molecule has 0 unspecified atom stereocenters. The van der Waals surface area contributed by atoms with Crippen molar-refractivity contribution < 1.29 is 0 Å². The van der Waals surface area contributed by atoms with Crippen molar-refractivity contribution in [1.29, 1.82) is 0 Å². The first-order valence-corrected chi connectivity index (χ1v) is 3.29. The number of hydrogen-bond acceptors (Lipinski definition) is 2. The molecule has 0 radical (unpaired) electrons. The summed E-state index contributed by atoms with van der Waals surface area (Å²) >= 11 is 2.17. The van der Waals surface area contributed by atoms with Crippen LogP contribution in [0.25, 0.3) is 0 Å². The molecule has 0 bridgehead atoms. The molecule has 0 aromatic rings. The quantitative estimate of drug-likeness (QED) is 0.484. The van der Waals surface area contributed by atoms with Crippen LogP contribution in [0.3, 0.4) is 0 Å². The molecule has 1 rings (SSSR count). The summed E-state index contributed by atoms with van der Waals surface area (Å²) in [5, 5.41) is 3.81. The number of halogens is 1. The Kier molecular flexibility index (Phi) is 2.08. The summed E-state index contributed by atoms with van der Waals surface area (Å²) in [4.78, 5) is 0. The van der Waals surface area contributed by atoms with Gasteiger partial charge in [0.15, 0.2) is 0 Å². The first kappa shape index (κ1) is 5.81. The van der Waals surface area contributed by atoms with Crippen molar-refractivity contribution >= 4 is 28.8 Å². The largest absolute Gasteiger partial charge is 0.272 e. The Morgan fingerprint density at radius 3 is 3.25 bits per heavy atom. The smallest absolute Gasteiger partial charge is 0.0941 e. The Labute approximate surface area is 61.5 Å². The monoisotopic (exact) mass is 220 g/mol. The highest BCUT2D eigenvalue weighted by Gasteiger charge is 1.83. The van der Waals surface area contributed by atoms with E-state index in [1.54, 1.807) is 6.21 Å². The van der Waals surface area contributed by atoms with E-state index in [-0.39, 0.29) is 0 Å². The highest BCUT2D eigenvalue weighted by molar-refractivity contribution is 14.1. The first-order valence-electron chi connectivity index (χ1n) is 2.21. The topological polar surface area (TPSA) is 24.4 Å². The molecular weight excluding hydrogens is 215 g/mol. The van der Waals surface area contributed by atoms with Crippen LogP contribution in [0.5, 0.6) is 0 Å². The van der Waals surface area contributed by atoms with Crippen LogP contribution in [0.15, 0.2) is 27.0 Å². The number of hydrazone groups is 1. The molecule has 0 amide bonds. The van der Waals surface area contributed by atoms with Gasteiger partial charge in [-0.25, -0.2) is 0 Å². The average Bonchev–Trinajstić information content (AvgIpc) is 1.94. The Balaban J connectivity index is 2.69. The van der Waals surface area contributed by atoms with Gasteiger partial charge in [-0.05, 0) is 34.7 Å². The maximum Gasteiger partial charge on any atom is 0.0941 e. The summed E-state index contributed by atoms with van der Waals surface area (Å²) in [6.45, 7) is 0. The molecule has 0 aromatic heterocycles. The summed E-state index contributed by atoms with van der Waals surface area (Å²) in [5.74, 6) is 0. The van der Waals surface area contributed by atoms with E-state index in [1.807, 2.05) is 18.2 Å². The second-order valence-electron chi connectivity index (χ2n) is 1.29. The van der Waals surface area contributed by atoms with Gasteiger partial charge < -0.3 is 0 Å². The van der Waals surface area contributed by atoms with Crippen LogP contribution in [0, 0.1) is 0 Å². The fraction of sp³-hybridized carbons (Fsp3) is 0. The van der Waals surface area contributed by atoms with Crippen LogP contribution in [0.1, 0.15) is 0 Å². The molecule has 0 saturated carbocycles. The normalized spacial score (nSPS) is 16.9. The molecule has 8 heavy (non-hydrogen) atoms. The van der Waals surface area contributed by atoms with E-state index in [0.29, 0.717) is 0 Å². The second kappa shape index (κ2) is 2.86. The van der Waals surface area contributed by atoms with Gasteiger partial charge in [-0.3, -0.25) is 5.43 Å². The van der Waals surface area contributed by atoms with Gasteiger partial charge in [0.2, 0.25) is 0 Å². The van der Waals surface area contributed by atoms with E-state index in [2.05, 4.69) is 33.1 Å². The highest BCUT2D eigenvalue weighted by atomic mass is 127. The molecule has 1 aliphatic heterocycles. The lowest BCUT2D eigenvalue weighted by Gasteiger charge is -1.89. The Morgan fingerprint density at radius 1 is 1.50 bits per heavy atom. The van der Waals surface area contributed by atoms with Crippen LogP contribution >= 0.6 is 22.6 Å². The minimum Gasteiger partial charge on any atom is -0.272 e. The van der Waals surface area contributed by atoms with Gasteiger partial charge >= 0.3 is 0 Å². The molecular formula is C5H5IN2. The average molecular weight is 220 g/mol. The molecule has 2 nitrogen and oxygen atoms in total. The van der Waals surface area contributed by atoms with E-state index in [1.165, 1.54) is 0 Å². The van der Waals surface area contributed by atoms with Crippen molar-refractivity contribution in [2.75, 3.05) is 0 Å². The third-order valence-electron chi connectivity index (χ3n) is 0.686. The van der Waals surface area contributed by atoms with Crippen molar-refractivity contribution in [1.82, 2.24) is 5.43 Å². The summed E-state index contributed by atoms with van der Waals surface area (Å²) < 4.78 is 1.03. The molecule has 1 heterocycles. The zero-order valence-corrected chi connectivity index (χ0v) is 6.29. The van der Waals surface area contributed by atoms with Crippen molar-refractivity contribution in [3.8, 4) is 0 Å². The van der Waals surface area contributed by atoms with Gasteiger partial charge in [-0.1, -0.05) is 6.08 Å². The van der Waals surface area contributed by atoms with E-state index in [4.69, 9.17) is 0 Å². The summed E-state index contributed by atoms with van der Waals surface area (Å²) in [6, 6.07) is 0. The maximum absolute atomic E-state index is 3.81. The standard InChI is InChI=1S/C5H5IN2/c6-5-3-1-2-4-7-8-5/h1-4,8H. The van der Waals surface area contributed by atoms with E-state index in [0.717, 1.165) is 3.70 Å². The van der Waals surface area contributed by atoms with E-state index in [9.17, 15) is 0 Å².